The third-order valence-electron chi connectivity index (χ3n) is 4.39. The van der Waals surface area contributed by atoms with Crippen LogP contribution < -0.4 is 9.47 Å². The summed E-state index contributed by atoms with van der Waals surface area (Å²) in [6.07, 6.45) is 1.62. The van der Waals surface area contributed by atoms with Crippen molar-refractivity contribution in [2.24, 2.45) is 0 Å². The van der Waals surface area contributed by atoms with Crippen molar-refractivity contribution in [3.05, 3.63) is 60.0 Å². The van der Waals surface area contributed by atoms with Crippen LogP contribution in [0.2, 0.25) is 10.0 Å². The lowest BCUT2D eigenvalue weighted by Gasteiger charge is -2.14. The van der Waals surface area contributed by atoms with E-state index < -0.39 is 11.9 Å². The van der Waals surface area contributed by atoms with Crippen molar-refractivity contribution in [1.82, 2.24) is 4.90 Å². The first kappa shape index (κ1) is 25.7. The summed E-state index contributed by atoms with van der Waals surface area (Å²) >= 11 is 14.9. The van der Waals surface area contributed by atoms with Crippen molar-refractivity contribution in [2.75, 3.05) is 20.3 Å². The molecule has 0 atom stereocenters. The van der Waals surface area contributed by atoms with Crippen LogP contribution in [0.4, 0.5) is 4.79 Å². The standard InChI is InChI=1S/C22H18Cl2INO6S/c1-3-31-17-8-13(7-16(25)20(17)32-11-19(27)30-2)9-18-21(28)26(22(29)33-18)10-12-4-5-14(23)15(24)6-12/h4-9H,3,10-11H2,1-2H3/b18-9+. The SMILES string of the molecule is CCOc1cc(/C=C2/SC(=O)N(Cc3ccc(Cl)c(Cl)c3)C2=O)cc(I)c1OCC(=O)OC. The zero-order valence-electron chi connectivity index (χ0n) is 17.5. The molecule has 0 aromatic heterocycles. The van der Waals surface area contributed by atoms with E-state index in [1.54, 1.807) is 36.4 Å². The number of rotatable bonds is 8. The van der Waals surface area contributed by atoms with Gasteiger partial charge in [-0.15, -0.1) is 0 Å². The van der Waals surface area contributed by atoms with Gasteiger partial charge in [0.15, 0.2) is 18.1 Å². The summed E-state index contributed by atoms with van der Waals surface area (Å²) in [5.74, 6) is -0.120. The van der Waals surface area contributed by atoms with Crippen molar-refractivity contribution < 1.29 is 28.6 Å². The molecule has 1 aliphatic rings. The lowest BCUT2D eigenvalue weighted by Crippen LogP contribution is -2.27. The van der Waals surface area contributed by atoms with Gasteiger partial charge in [-0.2, -0.15) is 0 Å². The maximum Gasteiger partial charge on any atom is 0.343 e. The van der Waals surface area contributed by atoms with E-state index in [1.165, 1.54) is 7.11 Å². The Labute approximate surface area is 218 Å². The first-order chi connectivity index (χ1) is 15.7. The van der Waals surface area contributed by atoms with E-state index in [4.69, 9.17) is 32.7 Å². The highest BCUT2D eigenvalue weighted by molar-refractivity contribution is 14.1. The molecular formula is C22H18Cl2INO6S. The highest BCUT2D eigenvalue weighted by Gasteiger charge is 2.35. The monoisotopic (exact) mass is 621 g/mol. The predicted octanol–water partition coefficient (Wildman–Crippen LogP) is 5.79. The van der Waals surface area contributed by atoms with Gasteiger partial charge in [0, 0.05) is 0 Å². The summed E-state index contributed by atoms with van der Waals surface area (Å²) in [5, 5.41) is 0.368. The van der Waals surface area contributed by atoms with Gasteiger partial charge in [0.25, 0.3) is 11.1 Å². The molecule has 1 fully saturated rings. The summed E-state index contributed by atoms with van der Waals surface area (Å²) in [7, 11) is 1.28. The molecule has 1 aliphatic heterocycles. The number of carbonyl (C=O) groups is 3. The largest absolute Gasteiger partial charge is 0.490 e. The fourth-order valence-corrected chi connectivity index (χ4v) is 4.81. The molecule has 0 radical (unpaired) electrons. The lowest BCUT2D eigenvalue weighted by molar-refractivity contribution is -0.143. The van der Waals surface area contributed by atoms with Gasteiger partial charge in [0.1, 0.15) is 0 Å². The molecule has 1 saturated heterocycles. The fourth-order valence-electron chi connectivity index (χ4n) is 2.87. The van der Waals surface area contributed by atoms with Gasteiger partial charge in [-0.3, -0.25) is 14.5 Å². The minimum atomic E-state index is -0.520. The smallest absolute Gasteiger partial charge is 0.343 e. The van der Waals surface area contributed by atoms with Crippen molar-refractivity contribution in [2.45, 2.75) is 13.5 Å². The Hall–Kier alpha value is -1.95. The Morgan fingerprint density at radius 3 is 2.58 bits per heavy atom. The molecule has 3 rings (SSSR count). The van der Waals surface area contributed by atoms with E-state index in [1.807, 2.05) is 6.92 Å². The summed E-state index contributed by atoms with van der Waals surface area (Å²) in [5.41, 5.74) is 1.33. The van der Waals surface area contributed by atoms with Crippen LogP contribution in [0.3, 0.4) is 0 Å². The third-order valence-corrected chi connectivity index (χ3v) is 6.84. The van der Waals surface area contributed by atoms with Crippen LogP contribution in [0.5, 0.6) is 11.5 Å². The molecule has 2 amide bonds. The Morgan fingerprint density at radius 1 is 1.15 bits per heavy atom. The van der Waals surface area contributed by atoms with Crippen LogP contribution >= 0.6 is 57.6 Å². The van der Waals surface area contributed by atoms with Gasteiger partial charge in [0.05, 0.1) is 38.8 Å². The van der Waals surface area contributed by atoms with Crippen LogP contribution in [0.15, 0.2) is 35.2 Å². The second kappa shape index (κ2) is 11.5. The van der Waals surface area contributed by atoms with Crippen molar-refractivity contribution in [3.63, 3.8) is 0 Å². The number of carbonyl (C=O) groups excluding carboxylic acids is 3. The average molecular weight is 622 g/mol. The average Bonchev–Trinajstić information content (AvgIpc) is 3.03. The molecule has 33 heavy (non-hydrogen) atoms. The number of methoxy groups -OCH3 is 1. The van der Waals surface area contributed by atoms with E-state index in [-0.39, 0.29) is 23.3 Å². The van der Waals surface area contributed by atoms with Gasteiger partial charge < -0.3 is 14.2 Å². The molecule has 0 unspecified atom stereocenters. The second-order valence-corrected chi connectivity index (χ2v) is 9.61. The van der Waals surface area contributed by atoms with E-state index in [0.717, 1.165) is 16.7 Å². The summed E-state index contributed by atoms with van der Waals surface area (Å²) < 4.78 is 16.5. The van der Waals surface area contributed by atoms with E-state index in [9.17, 15) is 14.4 Å². The van der Waals surface area contributed by atoms with Crippen LogP contribution in [-0.4, -0.2) is 42.3 Å². The first-order valence-electron chi connectivity index (χ1n) is 9.58. The number of imide groups is 1. The second-order valence-electron chi connectivity index (χ2n) is 6.64. The van der Waals surface area contributed by atoms with Gasteiger partial charge in [-0.1, -0.05) is 29.3 Å². The Bertz CT molecular complexity index is 1140. The van der Waals surface area contributed by atoms with Crippen molar-refractivity contribution in [1.29, 1.82) is 0 Å². The molecule has 11 heteroatoms. The molecule has 2 aromatic carbocycles. The van der Waals surface area contributed by atoms with Crippen LogP contribution in [0.25, 0.3) is 6.08 Å². The van der Waals surface area contributed by atoms with Crippen LogP contribution in [0, 0.1) is 3.57 Å². The first-order valence-corrected chi connectivity index (χ1v) is 12.2. The molecule has 1 heterocycles. The third kappa shape index (κ3) is 6.34. The van der Waals surface area contributed by atoms with E-state index >= 15 is 0 Å². The number of amides is 2. The van der Waals surface area contributed by atoms with E-state index in [0.29, 0.717) is 42.8 Å². The molecule has 2 aromatic rings. The Kier molecular flexibility index (Phi) is 8.91. The maximum atomic E-state index is 12.9. The van der Waals surface area contributed by atoms with Crippen molar-refractivity contribution in [3.8, 4) is 11.5 Å². The highest BCUT2D eigenvalue weighted by atomic mass is 127. The van der Waals surface area contributed by atoms with Crippen LogP contribution in [-0.2, 0) is 20.9 Å². The fraction of sp³-hybridized carbons (Fsp3) is 0.227. The Balaban J connectivity index is 1.84. The molecule has 174 valence electrons. The maximum absolute atomic E-state index is 12.9. The minimum Gasteiger partial charge on any atom is -0.490 e. The number of halogens is 3. The number of benzene rings is 2. The van der Waals surface area contributed by atoms with Gasteiger partial charge in [0.2, 0.25) is 0 Å². The molecule has 7 nitrogen and oxygen atoms in total. The number of hydrogen-bond donors (Lipinski definition) is 0. The van der Waals surface area contributed by atoms with Gasteiger partial charge in [-0.25, -0.2) is 4.79 Å². The number of thioether (sulfide) groups is 1. The van der Waals surface area contributed by atoms with Crippen molar-refractivity contribution >= 4 is 80.7 Å². The number of esters is 1. The topological polar surface area (TPSA) is 82.1 Å². The summed E-state index contributed by atoms with van der Waals surface area (Å²) in [4.78, 5) is 38.3. The molecule has 0 saturated carbocycles. The predicted molar refractivity (Wildman–Crippen MR) is 136 cm³/mol. The number of hydrogen-bond acceptors (Lipinski definition) is 7. The Morgan fingerprint density at radius 2 is 1.91 bits per heavy atom. The molecule has 0 spiro atoms. The molecular weight excluding hydrogens is 604 g/mol. The number of ether oxygens (including phenoxy) is 3. The summed E-state index contributed by atoms with van der Waals surface area (Å²) in [6, 6.07) is 8.41. The number of nitrogens with zero attached hydrogens (tertiary/aromatic N) is 1. The summed E-state index contributed by atoms with van der Waals surface area (Å²) in [6.45, 7) is 2.01. The van der Waals surface area contributed by atoms with Gasteiger partial charge in [-0.05, 0) is 82.7 Å². The molecule has 0 aliphatic carbocycles. The van der Waals surface area contributed by atoms with Gasteiger partial charge >= 0.3 is 5.97 Å². The molecule has 0 N–H and O–H groups in total. The van der Waals surface area contributed by atoms with E-state index in [2.05, 4.69) is 27.3 Å². The normalized spacial score (nSPS) is 14.7. The minimum absolute atomic E-state index is 0.0843. The van der Waals surface area contributed by atoms with Crippen LogP contribution in [0.1, 0.15) is 18.1 Å². The highest BCUT2D eigenvalue weighted by Crippen LogP contribution is 2.38. The quantitative estimate of drug-likeness (QED) is 0.210. The lowest BCUT2D eigenvalue weighted by atomic mass is 10.1. The zero-order chi connectivity index (χ0) is 24.1. The molecule has 0 bridgehead atoms. The zero-order valence-corrected chi connectivity index (χ0v) is 22.0.